The Morgan fingerprint density at radius 3 is 2.25 bits per heavy atom. The fraction of sp³-hybridized carbons (Fsp3) is 0.250. The van der Waals surface area contributed by atoms with Crippen molar-refractivity contribution in [1.29, 1.82) is 0 Å². The van der Waals surface area contributed by atoms with Gasteiger partial charge in [0.25, 0.3) is 0 Å². The highest BCUT2D eigenvalue weighted by molar-refractivity contribution is 5.85. The zero-order chi connectivity index (χ0) is 7.56. The fourth-order valence-corrected chi connectivity index (χ4v) is 0.924. The number of anilines is 1. The van der Waals surface area contributed by atoms with E-state index in [-0.39, 0.29) is 24.8 Å². The third-order valence-electron chi connectivity index (χ3n) is 1.71. The molecule has 0 amide bonds. The summed E-state index contributed by atoms with van der Waals surface area (Å²) >= 11 is 0. The number of nitrogens with two attached hydrogens (primary N) is 2. The maximum Gasteiger partial charge on any atom is 0.0346 e. The molecule has 0 radical (unpaired) electrons. The lowest BCUT2D eigenvalue weighted by Gasteiger charge is -2.04. The zero-order valence-electron chi connectivity index (χ0n) is 6.91. The molecule has 1 aromatic carbocycles. The van der Waals surface area contributed by atoms with E-state index in [1.54, 1.807) is 0 Å². The summed E-state index contributed by atoms with van der Waals surface area (Å²) in [4.78, 5) is 0. The molecule has 0 atom stereocenters. The van der Waals surface area contributed by atoms with Gasteiger partial charge in [0.05, 0.1) is 0 Å². The molecule has 70 valence electrons. The summed E-state index contributed by atoms with van der Waals surface area (Å²) in [5.74, 6) is 0. The standard InChI is InChI=1S/C8H12N2.2ClH/c1-6-7(5-9)3-2-4-8(6)10;;/h2-4H,5,9-10H2,1H3;2*1H. The van der Waals surface area contributed by atoms with E-state index in [9.17, 15) is 0 Å². The first kappa shape index (κ1) is 14.1. The van der Waals surface area contributed by atoms with Crippen molar-refractivity contribution in [2.75, 3.05) is 5.73 Å². The van der Waals surface area contributed by atoms with E-state index in [0.717, 1.165) is 16.8 Å². The minimum absolute atomic E-state index is 0. The first-order valence-electron chi connectivity index (χ1n) is 3.29. The Balaban J connectivity index is 0. The van der Waals surface area contributed by atoms with Crippen molar-refractivity contribution in [3.8, 4) is 0 Å². The summed E-state index contributed by atoms with van der Waals surface area (Å²) in [6.07, 6.45) is 0. The van der Waals surface area contributed by atoms with Gasteiger partial charge in [-0.15, -0.1) is 24.8 Å². The van der Waals surface area contributed by atoms with Crippen LogP contribution in [-0.2, 0) is 6.54 Å². The van der Waals surface area contributed by atoms with Crippen molar-refractivity contribution in [2.24, 2.45) is 5.73 Å². The highest BCUT2D eigenvalue weighted by atomic mass is 35.5. The molecule has 0 heterocycles. The third-order valence-corrected chi connectivity index (χ3v) is 1.71. The average Bonchev–Trinajstić information content (AvgIpc) is 1.95. The Bertz CT molecular complexity index is 238. The molecule has 0 fully saturated rings. The second-order valence-electron chi connectivity index (χ2n) is 2.34. The van der Waals surface area contributed by atoms with Gasteiger partial charge in [0.2, 0.25) is 0 Å². The summed E-state index contributed by atoms with van der Waals surface area (Å²) in [7, 11) is 0. The minimum atomic E-state index is 0. The monoisotopic (exact) mass is 208 g/mol. The van der Waals surface area contributed by atoms with Crippen LogP contribution in [0.3, 0.4) is 0 Å². The van der Waals surface area contributed by atoms with Crippen molar-refractivity contribution in [1.82, 2.24) is 0 Å². The Morgan fingerprint density at radius 1 is 1.25 bits per heavy atom. The van der Waals surface area contributed by atoms with Crippen LogP contribution in [0.5, 0.6) is 0 Å². The van der Waals surface area contributed by atoms with Crippen molar-refractivity contribution in [3.63, 3.8) is 0 Å². The predicted octanol–water partition coefficient (Wildman–Crippen LogP) is 1.88. The van der Waals surface area contributed by atoms with Crippen LogP contribution in [0.1, 0.15) is 11.1 Å². The Labute approximate surface area is 85.1 Å². The molecular weight excluding hydrogens is 195 g/mol. The van der Waals surface area contributed by atoms with Crippen LogP contribution in [0.2, 0.25) is 0 Å². The van der Waals surface area contributed by atoms with Crippen LogP contribution in [0.4, 0.5) is 5.69 Å². The van der Waals surface area contributed by atoms with Crippen LogP contribution < -0.4 is 11.5 Å². The SMILES string of the molecule is Cc1c(N)cccc1CN.Cl.Cl. The highest BCUT2D eigenvalue weighted by Crippen LogP contribution is 2.13. The van der Waals surface area contributed by atoms with E-state index in [4.69, 9.17) is 11.5 Å². The van der Waals surface area contributed by atoms with Crippen molar-refractivity contribution >= 4 is 30.5 Å². The molecule has 0 aliphatic carbocycles. The Kier molecular flexibility index (Phi) is 7.19. The summed E-state index contributed by atoms with van der Waals surface area (Å²) in [5.41, 5.74) is 14.2. The number of nitrogen functional groups attached to an aromatic ring is 1. The van der Waals surface area contributed by atoms with E-state index >= 15 is 0 Å². The molecule has 0 unspecified atom stereocenters. The zero-order valence-corrected chi connectivity index (χ0v) is 8.54. The largest absolute Gasteiger partial charge is 0.399 e. The predicted molar refractivity (Wildman–Crippen MR) is 58.0 cm³/mol. The third kappa shape index (κ3) is 2.89. The van der Waals surface area contributed by atoms with E-state index in [0.29, 0.717) is 6.54 Å². The van der Waals surface area contributed by atoms with Gasteiger partial charge in [-0.2, -0.15) is 0 Å². The van der Waals surface area contributed by atoms with E-state index in [1.165, 1.54) is 0 Å². The number of hydrogen-bond acceptors (Lipinski definition) is 2. The van der Waals surface area contributed by atoms with Crippen molar-refractivity contribution in [2.45, 2.75) is 13.5 Å². The van der Waals surface area contributed by atoms with Gasteiger partial charge >= 0.3 is 0 Å². The van der Waals surface area contributed by atoms with Crippen LogP contribution in [-0.4, -0.2) is 0 Å². The molecule has 0 spiro atoms. The molecule has 2 nitrogen and oxygen atoms in total. The van der Waals surface area contributed by atoms with E-state index in [1.807, 2.05) is 25.1 Å². The second-order valence-corrected chi connectivity index (χ2v) is 2.34. The van der Waals surface area contributed by atoms with Gasteiger partial charge < -0.3 is 11.5 Å². The summed E-state index contributed by atoms with van der Waals surface area (Å²) in [6.45, 7) is 2.55. The van der Waals surface area contributed by atoms with Gasteiger partial charge in [-0.1, -0.05) is 12.1 Å². The summed E-state index contributed by atoms with van der Waals surface area (Å²) in [5, 5.41) is 0. The smallest absolute Gasteiger partial charge is 0.0346 e. The topological polar surface area (TPSA) is 52.0 Å². The highest BCUT2D eigenvalue weighted by Gasteiger charge is 1.96. The average molecular weight is 209 g/mol. The fourth-order valence-electron chi connectivity index (χ4n) is 0.924. The number of halogens is 2. The Hall–Kier alpha value is -0.440. The molecule has 4 heteroatoms. The van der Waals surface area contributed by atoms with Crippen LogP contribution in [0, 0.1) is 6.92 Å². The molecule has 0 saturated heterocycles. The van der Waals surface area contributed by atoms with E-state index < -0.39 is 0 Å². The first-order valence-corrected chi connectivity index (χ1v) is 3.29. The van der Waals surface area contributed by atoms with Gasteiger partial charge in [-0.25, -0.2) is 0 Å². The number of hydrogen-bond donors (Lipinski definition) is 2. The normalized spacial score (nSPS) is 8.17. The second kappa shape index (κ2) is 6.12. The molecular formula is C8H14Cl2N2. The lowest BCUT2D eigenvalue weighted by molar-refractivity contribution is 1.05. The molecule has 4 N–H and O–H groups in total. The van der Waals surface area contributed by atoms with Crippen LogP contribution >= 0.6 is 24.8 Å². The lowest BCUT2D eigenvalue weighted by Crippen LogP contribution is -2.01. The van der Waals surface area contributed by atoms with Gasteiger partial charge in [0, 0.05) is 12.2 Å². The van der Waals surface area contributed by atoms with Gasteiger partial charge in [0.1, 0.15) is 0 Å². The molecule has 1 aromatic rings. The van der Waals surface area contributed by atoms with E-state index in [2.05, 4.69) is 0 Å². The summed E-state index contributed by atoms with van der Waals surface area (Å²) < 4.78 is 0. The van der Waals surface area contributed by atoms with Crippen molar-refractivity contribution < 1.29 is 0 Å². The van der Waals surface area contributed by atoms with Crippen LogP contribution in [0.25, 0.3) is 0 Å². The maximum atomic E-state index is 5.64. The van der Waals surface area contributed by atoms with Crippen molar-refractivity contribution in [3.05, 3.63) is 29.3 Å². The number of rotatable bonds is 1. The summed E-state index contributed by atoms with van der Waals surface area (Å²) in [6, 6.07) is 5.80. The van der Waals surface area contributed by atoms with Gasteiger partial charge in [-0.3, -0.25) is 0 Å². The van der Waals surface area contributed by atoms with Crippen LogP contribution in [0.15, 0.2) is 18.2 Å². The first-order chi connectivity index (χ1) is 4.75. The number of benzene rings is 1. The maximum absolute atomic E-state index is 5.64. The molecule has 12 heavy (non-hydrogen) atoms. The quantitative estimate of drug-likeness (QED) is 0.694. The molecule has 0 saturated carbocycles. The molecule has 0 aliphatic rings. The molecule has 1 rings (SSSR count). The lowest BCUT2D eigenvalue weighted by atomic mass is 10.1. The Morgan fingerprint density at radius 2 is 1.83 bits per heavy atom. The van der Waals surface area contributed by atoms with Gasteiger partial charge in [0.15, 0.2) is 0 Å². The minimum Gasteiger partial charge on any atom is -0.399 e. The molecule has 0 bridgehead atoms. The molecule has 0 aliphatic heterocycles. The molecule has 0 aromatic heterocycles. The van der Waals surface area contributed by atoms with Gasteiger partial charge in [-0.05, 0) is 24.1 Å².